The monoisotopic (exact) mass is 274 g/mol. The highest BCUT2D eigenvalue weighted by molar-refractivity contribution is 7.09. The van der Waals surface area contributed by atoms with Gasteiger partial charge in [-0.15, -0.1) is 11.3 Å². The highest BCUT2D eigenvalue weighted by Crippen LogP contribution is 2.24. The van der Waals surface area contributed by atoms with Crippen LogP contribution in [0.1, 0.15) is 40.4 Å². The van der Waals surface area contributed by atoms with Gasteiger partial charge < -0.3 is 5.32 Å². The molecule has 0 saturated carbocycles. The van der Waals surface area contributed by atoms with Crippen LogP contribution in [-0.2, 0) is 6.42 Å². The average Bonchev–Trinajstić information content (AvgIpc) is 2.78. The Hall–Kier alpha value is -1.19. The van der Waals surface area contributed by atoms with Gasteiger partial charge in [-0.3, -0.25) is 0 Å². The maximum Gasteiger partial charge on any atom is 0.0897 e. The SMILES string of the molecule is CCNC(Cc1csc(C)n1)c1cccc(C)c1C. The van der Waals surface area contributed by atoms with E-state index in [1.807, 2.05) is 0 Å². The molecule has 1 heterocycles. The normalized spacial score (nSPS) is 12.6. The predicted octanol–water partition coefficient (Wildman–Crippen LogP) is 3.96. The molecule has 3 heteroatoms. The van der Waals surface area contributed by atoms with Gasteiger partial charge >= 0.3 is 0 Å². The predicted molar refractivity (Wildman–Crippen MR) is 82.9 cm³/mol. The van der Waals surface area contributed by atoms with E-state index in [4.69, 9.17) is 0 Å². The fourth-order valence-corrected chi connectivity index (χ4v) is 3.03. The molecule has 0 radical (unpaired) electrons. The van der Waals surface area contributed by atoms with Crippen LogP contribution < -0.4 is 5.32 Å². The van der Waals surface area contributed by atoms with E-state index in [9.17, 15) is 0 Å². The van der Waals surface area contributed by atoms with E-state index in [-0.39, 0.29) is 0 Å². The van der Waals surface area contributed by atoms with Crippen LogP contribution in [0.3, 0.4) is 0 Å². The molecule has 19 heavy (non-hydrogen) atoms. The molecule has 2 rings (SSSR count). The molecule has 0 saturated heterocycles. The van der Waals surface area contributed by atoms with Crippen molar-refractivity contribution in [1.82, 2.24) is 10.3 Å². The second kappa shape index (κ2) is 6.31. The Labute approximate surface area is 119 Å². The third kappa shape index (κ3) is 3.43. The molecule has 102 valence electrons. The third-order valence-corrected chi connectivity index (χ3v) is 4.37. The van der Waals surface area contributed by atoms with Crippen molar-refractivity contribution in [1.29, 1.82) is 0 Å². The summed E-state index contributed by atoms with van der Waals surface area (Å²) in [6.45, 7) is 9.58. The molecule has 0 fully saturated rings. The zero-order chi connectivity index (χ0) is 13.8. The minimum Gasteiger partial charge on any atom is -0.310 e. The fraction of sp³-hybridized carbons (Fsp3) is 0.438. The zero-order valence-electron chi connectivity index (χ0n) is 12.2. The fourth-order valence-electron chi connectivity index (χ4n) is 2.40. The summed E-state index contributed by atoms with van der Waals surface area (Å²) in [7, 11) is 0. The van der Waals surface area contributed by atoms with Crippen molar-refractivity contribution in [3.05, 3.63) is 51.0 Å². The lowest BCUT2D eigenvalue weighted by atomic mass is 9.95. The van der Waals surface area contributed by atoms with Crippen molar-refractivity contribution in [2.75, 3.05) is 6.54 Å². The van der Waals surface area contributed by atoms with Crippen LogP contribution in [0.15, 0.2) is 23.6 Å². The number of hydrogen-bond donors (Lipinski definition) is 1. The summed E-state index contributed by atoms with van der Waals surface area (Å²) in [6, 6.07) is 6.91. The van der Waals surface area contributed by atoms with Gasteiger partial charge in [-0.1, -0.05) is 25.1 Å². The van der Waals surface area contributed by atoms with E-state index in [0.29, 0.717) is 6.04 Å². The van der Waals surface area contributed by atoms with Gasteiger partial charge in [0.1, 0.15) is 0 Å². The first-order valence-corrected chi connectivity index (χ1v) is 7.70. The van der Waals surface area contributed by atoms with Crippen LogP contribution in [0.25, 0.3) is 0 Å². The molecule has 0 bridgehead atoms. The second-order valence-corrected chi connectivity index (χ2v) is 6.02. The number of aryl methyl sites for hydroxylation is 2. The lowest BCUT2D eigenvalue weighted by Gasteiger charge is -2.20. The van der Waals surface area contributed by atoms with Crippen molar-refractivity contribution in [2.45, 2.75) is 40.2 Å². The van der Waals surface area contributed by atoms with Gasteiger partial charge in [0.25, 0.3) is 0 Å². The molecule has 1 N–H and O–H groups in total. The summed E-state index contributed by atoms with van der Waals surface area (Å²) in [5.41, 5.74) is 5.33. The molecule has 0 aliphatic carbocycles. The number of benzene rings is 1. The molecule has 1 atom stereocenters. The number of nitrogens with one attached hydrogen (secondary N) is 1. The first-order valence-electron chi connectivity index (χ1n) is 6.82. The second-order valence-electron chi connectivity index (χ2n) is 4.96. The molecule has 1 unspecified atom stereocenters. The summed E-state index contributed by atoms with van der Waals surface area (Å²) in [5.74, 6) is 0. The Morgan fingerprint density at radius 1 is 1.26 bits per heavy atom. The molecular weight excluding hydrogens is 252 g/mol. The van der Waals surface area contributed by atoms with E-state index in [1.165, 1.54) is 22.4 Å². The van der Waals surface area contributed by atoms with Crippen molar-refractivity contribution in [3.8, 4) is 0 Å². The molecule has 0 aliphatic heterocycles. The Kier molecular flexibility index (Phi) is 4.72. The number of likely N-dealkylation sites (N-methyl/N-ethyl adjacent to an activating group) is 1. The molecule has 2 nitrogen and oxygen atoms in total. The quantitative estimate of drug-likeness (QED) is 0.892. The topological polar surface area (TPSA) is 24.9 Å². The van der Waals surface area contributed by atoms with Crippen molar-refractivity contribution in [2.24, 2.45) is 0 Å². The van der Waals surface area contributed by atoms with Crippen LogP contribution in [0.5, 0.6) is 0 Å². The van der Waals surface area contributed by atoms with Gasteiger partial charge in [0, 0.05) is 17.8 Å². The molecule has 2 aromatic rings. The smallest absolute Gasteiger partial charge is 0.0897 e. The van der Waals surface area contributed by atoms with Crippen molar-refractivity contribution in [3.63, 3.8) is 0 Å². The Morgan fingerprint density at radius 3 is 2.68 bits per heavy atom. The van der Waals surface area contributed by atoms with Crippen LogP contribution >= 0.6 is 11.3 Å². The van der Waals surface area contributed by atoms with Crippen LogP contribution in [0.2, 0.25) is 0 Å². The van der Waals surface area contributed by atoms with Crippen molar-refractivity contribution < 1.29 is 0 Å². The molecule has 1 aromatic heterocycles. The molecule has 0 amide bonds. The zero-order valence-corrected chi connectivity index (χ0v) is 13.0. The van der Waals surface area contributed by atoms with E-state index >= 15 is 0 Å². The largest absolute Gasteiger partial charge is 0.310 e. The molecular formula is C16H22N2S. The lowest BCUT2D eigenvalue weighted by molar-refractivity contribution is 0.542. The standard InChI is InChI=1S/C16H22N2S/c1-5-17-16(9-14-10-19-13(4)18-14)15-8-6-7-11(2)12(15)3/h6-8,10,16-17H,5,9H2,1-4H3. The summed E-state index contributed by atoms with van der Waals surface area (Å²) >= 11 is 1.73. The number of hydrogen-bond acceptors (Lipinski definition) is 3. The van der Waals surface area contributed by atoms with Gasteiger partial charge in [-0.25, -0.2) is 4.98 Å². The van der Waals surface area contributed by atoms with Crippen LogP contribution in [-0.4, -0.2) is 11.5 Å². The number of thiazole rings is 1. The maximum atomic E-state index is 4.59. The average molecular weight is 274 g/mol. The van der Waals surface area contributed by atoms with Gasteiger partial charge in [-0.2, -0.15) is 0 Å². The lowest BCUT2D eigenvalue weighted by Crippen LogP contribution is -2.24. The van der Waals surface area contributed by atoms with Crippen LogP contribution in [0.4, 0.5) is 0 Å². The third-order valence-electron chi connectivity index (χ3n) is 3.55. The number of nitrogens with zero attached hydrogens (tertiary/aromatic N) is 1. The molecule has 0 aliphatic rings. The first-order chi connectivity index (χ1) is 9.11. The molecule has 1 aromatic carbocycles. The van der Waals surface area contributed by atoms with E-state index in [1.54, 1.807) is 11.3 Å². The summed E-state index contributed by atoms with van der Waals surface area (Å²) in [6.07, 6.45) is 0.961. The van der Waals surface area contributed by atoms with Crippen LogP contribution in [0, 0.1) is 20.8 Å². The first kappa shape index (κ1) is 14.2. The van der Waals surface area contributed by atoms with E-state index < -0.39 is 0 Å². The molecule has 0 spiro atoms. The van der Waals surface area contributed by atoms with E-state index in [2.05, 4.69) is 61.6 Å². The van der Waals surface area contributed by atoms with Gasteiger partial charge in [0.15, 0.2) is 0 Å². The van der Waals surface area contributed by atoms with Crippen molar-refractivity contribution >= 4 is 11.3 Å². The minimum atomic E-state index is 0.353. The Morgan fingerprint density at radius 2 is 2.05 bits per heavy atom. The summed E-state index contributed by atoms with van der Waals surface area (Å²) in [5, 5.41) is 6.91. The maximum absolute atomic E-state index is 4.59. The number of rotatable bonds is 5. The highest BCUT2D eigenvalue weighted by atomic mass is 32.1. The number of aromatic nitrogens is 1. The van der Waals surface area contributed by atoms with Gasteiger partial charge in [-0.05, 0) is 44.0 Å². The van der Waals surface area contributed by atoms with Gasteiger partial charge in [0.05, 0.1) is 10.7 Å². The minimum absolute atomic E-state index is 0.353. The highest BCUT2D eigenvalue weighted by Gasteiger charge is 2.15. The van der Waals surface area contributed by atoms with E-state index in [0.717, 1.165) is 18.0 Å². The summed E-state index contributed by atoms with van der Waals surface area (Å²) < 4.78 is 0. The summed E-state index contributed by atoms with van der Waals surface area (Å²) in [4.78, 5) is 4.59. The Bertz CT molecular complexity index is 545. The Balaban J connectivity index is 2.26. The van der Waals surface area contributed by atoms with Gasteiger partial charge in [0.2, 0.25) is 0 Å².